The number of rotatable bonds is 3. The number of carbonyl (C=O) groups excluding carboxylic acids is 2. The third-order valence-corrected chi connectivity index (χ3v) is 2.55. The lowest BCUT2D eigenvalue weighted by molar-refractivity contribution is -0.125. The number of imide groups is 1. The first-order valence-electron chi connectivity index (χ1n) is 4.97. The number of nitrogens with zero attached hydrogens (tertiary/aromatic N) is 1. The summed E-state index contributed by atoms with van der Waals surface area (Å²) in [7, 11) is 0. The zero-order valence-corrected chi connectivity index (χ0v) is 10.2. The molecule has 0 aromatic heterocycles. The maximum Gasteiger partial charge on any atom is 0.251 e. The van der Waals surface area contributed by atoms with Gasteiger partial charge in [-0.3, -0.25) is 9.59 Å². The minimum Gasteiger partial charge on any atom is -0.508 e. The topological polar surface area (TPSA) is 83.6 Å². The van der Waals surface area contributed by atoms with Crippen LogP contribution in [0.4, 0.5) is 5.69 Å². The van der Waals surface area contributed by atoms with Crippen molar-refractivity contribution in [2.24, 2.45) is 5.73 Å². The molecule has 1 unspecified atom stereocenters. The zero-order valence-electron chi connectivity index (χ0n) is 9.33. The number of hydrogen-bond donors (Lipinski definition) is 3. The molecule has 17 heavy (non-hydrogen) atoms. The van der Waals surface area contributed by atoms with Crippen molar-refractivity contribution in [3.8, 4) is 5.75 Å². The van der Waals surface area contributed by atoms with E-state index in [0.29, 0.717) is 5.69 Å². The SMILES string of the molecule is CC(=O)N(C(=O)C(N)CS)c1ccc(O)cc1. The quantitative estimate of drug-likeness (QED) is 0.687. The van der Waals surface area contributed by atoms with Crippen LogP contribution in [0.15, 0.2) is 24.3 Å². The highest BCUT2D eigenvalue weighted by Gasteiger charge is 2.24. The summed E-state index contributed by atoms with van der Waals surface area (Å²) in [5, 5.41) is 9.15. The number of thiol groups is 1. The lowest BCUT2D eigenvalue weighted by Crippen LogP contribution is -2.47. The second-order valence-corrected chi connectivity index (χ2v) is 3.86. The van der Waals surface area contributed by atoms with Gasteiger partial charge in [-0.2, -0.15) is 12.6 Å². The van der Waals surface area contributed by atoms with Crippen LogP contribution in [0.2, 0.25) is 0 Å². The van der Waals surface area contributed by atoms with Gasteiger partial charge in [-0.05, 0) is 24.3 Å². The van der Waals surface area contributed by atoms with Gasteiger partial charge < -0.3 is 10.8 Å². The molecule has 0 bridgehead atoms. The van der Waals surface area contributed by atoms with Crippen LogP contribution in [0.25, 0.3) is 0 Å². The lowest BCUT2D eigenvalue weighted by Gasteiger charge is -2.22. The molecule has 92 valence electrons. The maximum absolute atomic E-state index is 11.9. The number of benzene rings is 1. The van der Waals surface area contributed by atoms with Gasteiger partial charge in [-0.25, -0.2) is 4.90 Å². The Morgan fingerprint density at radius 1 is 1.41 bits per heavy atom. The molecule has 0 saturated heterocycles. The maximum atomic E-state index is 11.9. The highest BCUT2D eigenvalue weighted by molar-refractivity contribution is 7.80. The van der Waals surface area contributed by atoms with Crippen molar-refractivity contribution in [2.75, 3.05) is 10.7 Å². The number of amides is 2. The number of anilines is 1. The van der Waals surface area contributed by atoms with Gasteiger partial charge in [-0.15, -0.1) is 0 Å². The average molecular weight is 254 g/mol. The molecule has 0 aliphatic carbocycles. The number of nitrogens with two attached hydrogens (primary N) is 1. The van der Waals surface area contributed by atoms with Crippen LogP contribution in [0.1, 0.15) is 6.92 Å². The van der Waals surface area contributed by atoms with Gasteiger partial charge in [0.25, 0.3) is 5.91 Å². The van der Waals surface area contributed by atoms with Gasteiger partial charge in [0.1, 0.15) is 5.75 Å². The van der Waals surface area contributed by atoms with Gasteiger partial charge in [0.05, 0.1) is 11.7 Å². The molecule has 2 amide bonds. The summed E-state index contributed by atoms with van der Waals surface area (Å²) in [6.07, 6.45) is 0. The van der Waals surface area contributed by atoms with Crippen molar-refractivity contribution in [1.29, 1.82) is 0 Å². The van der Waals surface area contributed by atoms with E-state index in [1.807, 2.05) is 0 Å². The third-order valence-electron chi connectivity index (χ3n) is 2.16. The molecular weight excluding hydrogens is 240 g/mol. The van der Waals surface area contributed by atoms with Crippen LogP contribution < -0.4 is 10.6 Å². The van der Waals surface area contributed by atoms with Crippen LogP contribution >= 0.6 is 12.6 Å². The highest BCUT2D eigenvalue weighted by Crippen LogP contribution is 2.19. The number of hydrogen-bond acceptors (Lipinski definition) is 5. The Bertz CT molecular complexity index is 419. The van der Waals surface area contributed by atoms with Crippen molar-refractivity contribution in [3.05, 3.63) is 24.3 Å². The zero-order chi connectivity index (χ0) is 13.0. The standard InChI is InChI=1S/C11H14N2O3S/c1-7(14)13(11(16)10(12)6-17)8-2-4-9(15)5-3-8/h2-5,10,15,17H,6,12H2,1H3. The van der Waals surface area contributed by atoms with Crippen molar-refractivity contribution < 1.29 is 14.7 Å². The van der Waals surface area contributed by atoms with E-state index in [1.54, 1.807) is 0 Å². The van der Waals surface area contributed by atoms with Gasteiger partial charge in [0.15, 0.2) is 0 Å². The molecule has 6 heteroatoms. The fraction of sp³-hybridized carbons (Fsp3) is 0.273. The van der Waals surface area contributed by atoms with E-state index in [-0.39, 0.29) is 11.5 Å². The Labute approximate surface area is 105 Å². The monoisotopic (exact) mass is 254 g/mol. The summed E-state index contributed by atoms with van der Waals surface area (Å²) in [6, 6.07) is 4.89. The molecule has 0 aliphatic heterocycles. The van der Waals surface area contributed by atoms with Gasteiger partial charge >= 0.3 is 0 Å². The molecule has 5 nitrogen and oxygen atoms in total. The summed E-state index contributed by atoms with van der Waals surface area (Å²) in [4.78, 5) is 24.3. The Morgan fingerprint density at radius 3 is 2.35 bits per heavy atom. The van der Waals surface area contributed by atoms with E-state index in [9.17, 15) is 9.59 Å². The Balaban J connectivity index is 3.05. The molecule has 1 atom stereocenters. The number of aromatic hydroxyl groups is 1. The molecule has 0 fully saturated rings. The third kappa shape index (κ3) is 3.21. The molecule has 0 spiro atoms. The van der Waals surface area contributed by atoms with Gasteiger partial charge in [0.2, 0.25) is 5.91 Å². The van der Waals surface area contributed by atoms with E-state index in [4.69, 9.17) is 10.8 Å². The van der Waals surface area contributed by atoms with E-state index in [1.165, 1.54) is 31.2 Å². The average Bonchev–Trinajstić information content (AvgIpc) is 2.30. The van der Waals surface area contributed by atoms with Crippen LogP contribution in [0, 0.1) is 0 Å². The Morgan fingerprint density at radius 2 is 1.94 bits per heavy atom. The van der Waals surface area contributed by atoms with E-state index < -0.39 is 17.9 Å². The van der Waals surface area contributed by atoms with Crippen LogP contribution in [0.5, 0.6) is 5.75 Å². The minimum absolute atomic E-state index is 0.0585. The Kier molecular flexibility index (Phi) is 4.53. The van der Waals surface area contributed by atoms with Crippen molar-refractivity contribution in [3.63, 3.8) is 0 Å². The molecule has 3 N–H and O–H groups in total. The summed E-state index contributed by atoms with van der Waals surface area (Å²) >= 11 is 3.92. The second-order valence-electron chi connectivity index (χ2n) is 3.50. The van der Waals surface area contributed by atoms with Crippen molar-refractivity contribution in [2.45, 2.75) is 13.0 Å². The van der Waals surface area contributed by atoms with Crippen molar-refractivity contribution in [1.82, 2.24) is 0 Å². The van der Waals surface area contributed by atoms with Crippen LogP contribution in [0.3, 0.4) is 0 Å². The number of phenolic OH excluding ortho intramolecular Hbond substituents is 1. The van der Waals surface area contributed by atoms with E-state index in [2.05, 4.69) is 12.6 Å². The molecule has 0 heterocycles. The Hall–Kier alpha value is -1.53. The summed E-state index contributed by atoms with van der Waals surface area (Å²) in [5.41, 5.74) is 5.93. The van der Waals surface area contributed by atoms with Gasteiger partial charge in [-0.1, -0.05) is 0 Å². The summed E-state index contributed by atoms with van der Waals surface area (Å²) in [5.74, 6) is -0.736. The normalized spacial score (nSPS) is 11.9. The number of phenols is 1. The minimum atomic E-state index is -0.837. The van der Waals surface area contributed by atoms with E-state index >= 15 is 0 Å². The second kappa shape index (κ2) is 5.70. The lowest BCUT2D eigenvalue weighted by atomic mass is 10.2. The molecular formula is C11H14N2O3S. The van der Waals surface area contributed by atoms with Crippen LogP contribution in [-0.2, 0) is 9.59 Å². The highest BCUT2D eigenvalue weighted by atomic mass is 32.1. The van der Waals surface area contributed by atoms with Crippen molar-refractivity contribution >= 4 is 30.1 Å². The molecule has 1 rings (SSSR count). The summed E-state index contributed by atoms with van der Waals surface area (Å²) in [6.45, 7) is 1.27. The first-order chi connectivity index (χ1) is 7.97. The van der Waals surface area contributed by atoms with Crippen LogP contribution in [-0.4, -0.2) is 28.7 Å². The predicted molar refractivity (Wildman–Crippen MR) is 68.1 cm³/mol. The number of carbonyl (C=O) groups is 2. The van der Waals surface area contributed by atoms with E-state index in [0.717, 1.165) is 4.90 Å². The summed E-state index contributed by atoms with van der Waals surface area (Å²) < 4.78 is 0. The molecule has 1 aromatic carbocycles. The van der Waals surface area contributed by atoms with Gasteiger partial charge in [0, 0.05) is 12.7 Å². The fourth-order valence-corrected chi connectivity index (χ4v) is 1.47. The molecule has 1 aromatic rings. The molecule has 0 saturated carbocycles. The predicted octanol–water partition coefficient (Wildman–Crippen LogP) is 0.529. The molecule has 0 aliphatic rings. The first kappa shape index (κ1) is 13.5. The largest absolute Gasteiger partial charge is 0.508 e. The first-order valence-corrected chi connectivity index (χ1v) is 5.60. The molecule has 0 radical (unpaired) electrons. The smallest absolute Gasteiger partial charge is 0.251 e. The fourth-order valence-electron chi connectivity index (χ4n) is 1.31.